The molecule has 1 unspecified atom stereocenters. The van der Waals surface area contributed by atoms with Gasteiger partial charge in [-0.3, -0.25) is 9.69 Å². The summed E-state index contributed by atoms with van der Waals surface area (Å²) < 4.78 is 11.8. The molecule has 0 spiro atoms. The summed E-state index contributed by atoms with van der Waals surface area (Å²) in [5.41, 5.74) is 0.727. The predicted molar refractivity (Wildman–Crippen MR) is 113 cm³/mol. The molecule has 1 aliphatic heterocycles. The molecule has 150 valence electrons. The van der Waals surface area contributed by atoms with Crippen molar-refractivity contribution in [3.05, 3.63) is 82.3 Å². The summed E-state index contributed by atoms with van der Waals surface area (Å²) in [4.78, 5) is 16.3. The number of thiophene rings is 1. The molecule has 4 rings (SSSR count). The SMILES string of the molecule is C=CCN(CC(=O)N1N=C(c2ccco2)CC1c1ccco1)Cc1ccc(Cl)s1. The van der Waals surface area contributed by atoms with Gasteiger partial charge in [0.1, 0.15) is 23.3 Å². The number of amides is 1. The lowest BCUT2D eigenvalue weighted by Gasteiger charge is -2.24. The van der Waals surface area contributed by atoms with Crippen molar-refractivity contribution in [3.63, 3.8) is 0 Å². The second-order valence-corrected chi connectivity index (χ2v) is 8.46. The molecule has 6 nitrogen and oxygen atoms in total. The van der Waals surface area contributed by atoms with Gasteiger partial charge in [-0.2, -0.15) is 5.10 Å². The van der Waals surface area contributed by atoms with Crippen LogP contribution in [-0.2, 0) is 11.3 Å². The molecule has 3 aromatic heterocycles. The fraction of sp³-hybridized carbons (Fsp3) is 0.238. The van der Waals surface area contributed by atoms with Crippen LogP contribution in [0.15, 0.2) is 75.5 Å². The van der Waals surface area contributed by atoms with Crippen LogP contribution in [0, 0.1) is 0 Å². The Hall–Kier alpha value is -2.61. The van der Waals surface area contributed by atoms with E-state index in [-0.39, 0.29) is 18.5 Å². The Labute approximate surface area is 177 Å². The summed E-state index contributed by atoms with van der Waals surface area (Å²) in [7, 11) is 0. The number of carbonyl (C=O) groups is 1. The van der Waals surface area contributed by atoms with Gasteiger partial charge in [-0.05, 0) is 36.4 Å². The van der Waals surface area contributed by atoms with Crippen molar-refractivity contribution in [2.75, 3.05) is 13.1 Å². The molecule has 8 heteroatoms. The molecule has 0 saturated heterocycles. The summed E-state index contributed by atoms with van der Waals surface area (Å²) >= 11 is 7.55. The van der Waals surface area contributed by atoms with Gasteiger partial charge >= 0.3 is 0 Å². The largest absolute Gasteiger partial charge is 0.467 e. The van der Waals surface area contributed by atoms with Gasteiger partial charge in [0.05, 0.1) is 23.4 Å². The van der Waals surface area contributed by atoms with Gasteiger partial charge in [-0.15, -0.1) is 17.9 Å². The number of hydrogen-bond donors (Lipinski definition) is 0. The van der Waals surface area contributed by atoms with Crippen molar-refractivity contribution < 1.29 is 13.6 Å². The van der Waals surface area contributed by atoms with E-state index in [2.05, 4.69) is 11.7 Å². The number of furan rings is 2. The first-order valence-corrected chi connectivity index (χ1v) is 10.4. The lowest BCUT2D eigenvalue weighted by molar-refractivity contribution is -0.134. The van der Waals surface area contributed by atoms with E-state index in [0.717, 1.165) is 14.9 Å². The van der Waals surface area contributed by atoms with E-state index < -0.39 is 0 Å². The van der Waals surface area contributed by atoms with E-state index in [1.54, 1.807) is 18.6 Å². The minimum Gasteiger partial charge on any atom is -0.467 e. The molecule has 0 radical (unpaired) electrons. The zero-order valence-electron chi connectivity index (χ0n) is 15.7. The minimum atomic E-state index is -0.292. The third kappa shape index (κ3) is 4.53. The van der Waals surface area contributed by atoms with Crippen molar-refractivity contribution in [1.82, 2.24) is 9.91 Å². The Morgan fingerprint density at radius 1 is 1.31 bits per heavy atom. The van der Waals surface area contributed by atoms with Crippen LogP contribution in [0.2, 0.25) is 4.34 Å². The second kappa shape index (κ2) is 8.82. The van der Waals surface area contributed by atoms with E-state index >= 15 is 0 Å². The number of carbonyl (C=O) groups excluding carboxylic acids is 1. The molecule has 0 aromatic carbocycles. The summed E-state index contributed by atoms with van der Waals surface area (Å²) in [6.07, 6.45) is 5.53. The monoisotopic (exact) mass is 429 g/mol. The van der Waals surface area contributed by atoms with Crippen LogP contribution in [0.3, 0.4) is 0 Å². The quantitative estimate of drug-likeness (QED) is 0.475. The molecule has 3 aromatic rings. The minimum absolute atomic E-state index is 0.113. The van der Waals surface area contributed by atoms with Crippen LogP contribution < -0.4 is 0 Å². The zero-order chi connectivity index (χ0) is 20.2. The second-order valence-electron chi connectivity index (χ2n) is 6.66. The lowest BCUT2D eigenvalue weighted by atomic mass is 10.1. The third-order valence-corrected chi connectivity index (χ3v) is 5.81. The molecular weight excluding hydrogens is 410 g/mol. The van der Waals surface area contributed by atoms with Crippen molar-refractivity contribution in [1.29, 1.82) is 0 Å². The standard InChI is InChI=1S/C21H20ClN3O3S/c1-2-9-24(13-15-7-8-20(22)29-15)14-21(26)25-17(19-6-4-11-28-19)12-16(23-25)18-5-3-10-27-18/h2-8,10-11,17H,1,9,12-14H2. The number of halogens is 1. The van der Waals surface area contributed by atoms with E-state index in [9.17, 15) is 4.79 Å². The molecule has 0 saturated carbocycles. The molecule has 1 atom stereocenters. The Morgan fingerprint density at radius 2 is 2.14 bits per heavy atom. The van der Waals surface area contributed by atoms with Crippen molar-refractivity contribution >= 4 is 34.6 Å². The molecule has 4 heterocycles. The van der Waals surface area contributed by atoms with E-state index in [4.69, 9.17) is 20.4 Å². The van der Waals surface area contributed by atoms with Gasteiger partial charge in [0.2, 0.25) is 0 Å². The first kappa shape index (κ1) is 19.7. The molecule has 0 bridgehead atoms. The Kier molecular flexibility index (Phi) is 5.99. The summed E-state index contributed by atoms with van der Waals surface area (Å²) in [6, 6.07) is 10.9. The maximum atomic E-state index is 13.2. The summed E-state index contributed by atoms with van der Waals surface area (Å²) in [6.45, 7) is 5.20. The van der Waals surface area contributed by atoms with Crippen molar-refractivity contribution in [2.24, 2.45) is 5.10 Å². The maximum absolute atomic E-state index is 13.2. The van der Waals surface area contributed by atoms with Gasteiger partial charge in [0.25, 0.3) is 5.91 Å². The first-order valence-electron chi connectivity index (χ1n) is 9.18. The Bertz CT molecular complexity index is 994. The predicted octanol–water partition coefficient (Wildman–Crippen LogP) is 4.95. The van der Waals surface area contributed by atoms with Crippen LogP contribution in [0.5, 0.6) is 0 Å². The first-order chi connectivity index (χ1) is 14.1. The molecule has 0 aliphatic carbocycles. The molecule has 1 amide bonds. The highest BCUT2D eigenvalue weighted by Gasteiger charge is 2.36. The average molecular weight is 430 g/mol. The molecule has 0 N–H and O–H groups in total. The highest BCUT2D eigenvalue weighted by Crippen LogP contribution is 2.33. The highest BCUT2D eigenvalue weighted by molar-refractivity contribution is 7.16. The van der Waals surface area contributed by atoms with Crippen LogP contribution in [0.1, 0.15) is 28.9 Å². The third-order valence-electron chi connectivity index (χ3n) is 4.60. The number of hydrazone groups is 1. The summed E-state index contributed by atoms with van der Waals surface area (Å²) in [5.74, 6) is 1.24. The summed E-state index contributed by atoms with van der Waals surface area (Å²) in [5, 5.41) is 6.08. The van der Waals surface area contributed by atoms with E-state index in [1.165, 1.54) is 16.3 Å². The smallest absolute Gasteiger partial charge is 0.257 e. The molecule has 29 heavy (non-hydrogen) atoms. The van der Waals surface area contributed by atoms with Crippen LogP contribution in [0.4, 0.5) is 0 Å². The topological polar surface area (TPSA) is 62.2 Å². The molecular formula is C21H20ClN3O3S. The van der Waals surface area contributed by atoms with Gasteiger partial charge < -0.3 is 8.83 Å². The number of nitrogens with zero attached hydrogens (tertiary/aromatic N) is 3. The van der Waals surface area contributed by atoms with Crippen LogP contribution in [0.25, 0.3) is 0 Å². The van der Waals surface area contributed by atoms with Gasteiger partial charge in [-0.1, -0.05) is 17.7 Å². The fourth-order valence-corrected chi connectivity index (χ4v) is 4.45. The van der Waals surface area contributed by atoms with Gasteiger partial charge in [0.15, 0.2) is 0 Å². The van der Waals surface area contributed by atoms with Crippen LogP contribution >= 0.6 is 22.9 Å². The lowest BCUT2D eigenvalue weighted by Crippen LogP contribution is -2.37. The average Bonchev–Trinajstić information content (AvgIpc) is 3.48. The number of rotatable bonds is 8. The Morgan fingerprint density at radius 3 is 2.79 bits per heavy atom. The fourth-order valence-electron chi connectivity index (χ4n) is 3.32. The highest BCUT2D eigenvalue weighted by atomic mass is 35.5. The van der Waals surface area contributed by atoms with Gasteiger partial charge in [0, 0.05) is 24.4 Å². The molecule has 0 fully saturated rings. The maximum Gasteiger partial charge on any atom is 0.257 e. The molecule has 1 aliphatic rings. The van der Waals surface area contributed by atoms with E-state index in [0.29, 0.717) is 31.0 Å². The zero-order valence-corrected chi connectivity index (χ0v) is 17.2. The number of hydrogen-bond acceptors (Lipinski definition) is 6. The van der Waals surface area contributed by atoms with Crippen molar-refractivity contribution in [2.45, 2.75) is 19.0 Å². The van der Waals surface area contributed by atoms with Crippen LogP contribution in [-0.4, -0.2) is 34.6 Å². The van der Waals surface area contributed by atoms with Crippen molar-refractivity contribution in [3.8, 4) is 0 Å². The van der Waals surface area contributed by atoms with E-state index in [1.807, 2.05) is 41.3 Å². The Balaban J connectivity index is 1.53. The normalized spacial score (nSPS) is 16.4. The van der Waals surface area contributed by atoms with Gasteiger partial charge in [-0.25, -0.2) is 5.01 Å².